The number of thiazole rings is 1. The molecule has 0 atom stereocenters. The number of fused-ring (bicyclic) bond motifs is 1. The van der Waals surface area contributed by atoms with Crippen LogP contribution in [0.15, 0.2) is 24.3 Å². The minimum Gasteiger partial charge on any atom is -0.370 e. The zero-order valence-corrected chi connectivity index (χ0v) is 12.0. The lowest BCUT2D eigenvalue weighted by atomic mass is 10.3. The Kier molecular flexibility index (Phi) is 4.83. The lowest BCUT2D eigenvalue weighted by Crippen LogP contribution is -2.33. The van der Waals surface area contributed by atoms with Crippen LogP contribution in [-0.4, -0.2) is 29.3 Å². The lowest BCUT2D eigenvalue weighted by molar-refractivity contribution is -0.120. The van der Waals surface area contributed by atoms with Crippen LogP contribution in [0, 0.1) is 5.41 Å². The number of nitrogens with two attached hydrogens (primary N) is 1. The van der Waals surface area contributed by atoms with Crippen molar-refractivity contribution in [1.82, 2.24) is 15.6 Å². The van der Waals surface area contributed by atoms with Gasteiger partial charge in [0.2, 0.25) is 5.91 Å². The summed E-state index contributed by atoms with van der Waals surface area (Å²) in [6, 6.07) is 7.41. The SMILES string of the molecule is N=C(N)NCCCC(=O)NC(=O)c1nc2ccccc2s1. The van der Waals surface area contributed by atoms with Crippen molar-refractivity contribution in [2.75, 3.05) is 6.54 Å². The molecule has 0 radical (unpaired) electrons. The van der Waals surface area contributed by atoms with E-state index in [9.17, 15) is 9.59 Å². The Balaban J connectivity index is 1.86. The van der Waals surface area contributed by atoms with E-state index in [0.717, 1.165) is 10.2 Å². The summed E-state index contributed by atoms with van der Waals surface area (Å²) in [5.41, 5.74) is 5.86. The fourth-order valence-electron chi connectivity index (χ4n) is 1.68. The predicted octanol–water partition coefficient (Wildman–Crippen LogP) is 0.816. The number of rotatable bonds is 5. The molecule has 0 aliphatic rings. The molecule has 1 aromatic heterocycles. The average Bonchev–Trinajstić information content (AvgIpc) is 2.87. The van der Waals surface area contributed by atoms with Gasteiger partial charge in [-0.05, 0) is 18.6 Å². The largest absolute Gasteiger partial charge is 0.370 e. The second-order valence-electron chi connectivity index (χ2n) is 4.31. The molecule has 2 rings (SSSR count). The zero-order valence-electron chi connectivity index (χ0n) is 11.2. The molecule has 2 aromatic rings. The van der Waals surface area contributed by atoms with Crippen LogP contribution in [0.4, 0.5) is 0 Å². The second-order valence-corrected chi connectivity index (χ2v) is 5.34. The van der Waals surface area contributed by atoms with Crippen LogP contribution in [-0.2, 0) is 4.79 Å². The Morgan fingerprint density at radius 2 is 2.10 bits per heavy atom. The van der Waals surface area contributed by atoms with E-state index in [1.165, 1.54) is 11.3 Å². The van der Waals surface area contributed by atoms with Gasteiger partial charge in [0.05, 0.1) is 10.2 Å². The van der Waals surface area contributed by atoms with Gasteiger partial charge in [-0.15, -0.1) is 11.3 Å². The molecular weight excluding hydrogens is 290 g/mol. The first-order valence-corrected chi connectivity index (χ1v) is 7.15. The topological polar surface area (TPSA) is 121 Å². The van der Waals surface area contributed by atoms with Crippen LogP contribution in [0.25, 0.3) is 10.2 Å². The molecular formula is C13H15N5O2S. The Labute approximate surface area is 125 Å². The first-order valence-electron chi connectivity index (χ1n) is 6.34. The third-order valence-electron chi connectivity index (χ3n) is 2.64. The molecule has 0 spiro atoms. The van der Waals surface area contributed by atoms with Crippen molar-refractivity contribution in [1.29, 1.82) is 5.41 Å². The van der Waals surface area contributed by atoms with Gasteiger partial charge >= 0.3 is 0 Å². The van der Waals surface area contributed by atoms with Gasteiger partial charge in [0.15, 0.2) is 11.0 Å². The van der Waals surface area contributed by atoms with Crippen molar-refractivity contribution in [3.8, 4) is 0 Å². The highest BCUT2D eigenvalue weighted by Crippen LogP contribution is 2.21. The number of aromatic nitrogens is 1. The molecule has 0 fully saturated rings. The van der Waals surface area contributed by atoms with Gasteiger partial charge in [0.25, 0.3) is 5.91 Å². The number of imide groups is 1. The quantitative estimate of drug-likeness (QED) is 0.370. The summed E-state index contributed by atoms with van der Waals surface area (Å²) in [7, 11) is 0. The van der Waals surface area contributed by atoms with Crippen molar-refractivity contribution in [3.63, 3.8) is 0 Å². The van der Waals surface area contributed by atoms with Gasteiger partial charge in [-0.2, -0.15) is 0 Å². The van der Waals surface area contributed by atoms with Crippen LogP contribution in [0.5, 0.6) is 0 Å². The third-order valence-corrected chi connectivity index (χ3v) is 3.67. The van der Waals surface area contributed by atoms with Crippen LogP contribution >= 0.6 is 11.3 Å². The molecule has 1 heterocycles. The van der Waals surface area contributed by atoms with Crippen molar-refractivity contribution in [2.45, 2.75) is 12.8 Å². The average molecular weight is 305 g/mol. The molecule has 0 bridgehead atoms. The highest BCUT2D eigenvalue weighted by atomic mass is 32.1. The van der Waals surface area contributed by atoms with E-state index < -0.39 is 5.91 Å². The maximum absolute atomic E-state index is 11.9. The number of amides is 2. The summed E-state index contributed by atoms with van der Waals surface area (Å²) in [4.78, 5) is 27.7. The number of carbonyl (C=O) groups excluding carboxylic acids is 2. The summed E-state index contributed by atoms with van der Waals surface area (Å²) in [5.74, 6) is -0.994. The summed E-state index contributed by atoms with van der Waals surface area (Å²) < 4.78 is 0.903. The van der Waals surface area contributed by atoms with E-state index in [-0.39, 0.29) is 23.3 Å². The summed E-state index contributed by atoms with van der Waals surface area (Å²) in [5, 5.41) is 12.1. The molecule has 8 heteroatoms. The standard InChI is InChI=1S/C13H15N5O2S/c14-13(15)16-7-3-6-10(19)18-11(20)12-17-8-4-1-2-5-9(8)21-12/h1-2,4-5H,3,6-7H2,(H4,14,15,16)(H,18,19,20). The van der Waals surface area contributed by atoms with E-state index >= 15 is 0 Å². The van der Waals surface area contributed by atoms with Crippen LogP contribution < -0.4 is 16.4 Å². The van der Waals surface area contributed by atoms with Gasteiger partial charge < -0.3 is 11.1 Å². The molecule has 21 heavy (non-hydrogen) atoms. The number of guanidine groups is 1. The summed E-state index contributed by atoms with van der Waals surface area (Å²) >= 11 is 1.25. The fraction of sp³-hybridized carbons (Fsp3) is 0.231. The number of carbonyl (C=O) groups is 2. The smallest absolute Gasteiger partial charge is 0.286 e. The van der Waals surface area contributed by atoms with E-state index in [1.54, 1.807) is 0 Å². The molecule has 110 valence electrons. The normalized spacial score (nSPS) is 10.3. The number of para-hydroxylation sites is 1. The molecule has 0 unspecified atom stereocenters. The first kappa shape index (κ1) is 14.9. The van der Waals surface area contributed by atoms with Crippen LogP contribution in [0.2, 0.25) is 0 Å². The maximum Gasteiger partial charge on any atom is 0.286 e. The minimum absolute atomic E-state index is 0.138. The van der Waals surface area contributed by atoms with Crippen molar-refractivity contribution in [2.24, 2.45) is 5.73 Å². The molecule has 0 aliphatic carbocycles. The van der Waals surface area contributed by atoms with E-state index in [4.69, 9.17) is 11.1 Å². The number of benzene rings is 1. The number of hydrogen-bond donors (Lipinski definition) is 4. The Morgan fingerprint density at radius 1 is 1.33 bits per heavy atom. The van der Waals surface area contributed by atoms with E-state index in [1.807, 2.05) is 24.3 Å². The molecule has 1 aromatic carbocycles. The van der Waals surface area contributed by atoms with E-state index in [0.29, 0.717) is 13.0 Å². The Bertz CT molecular complexity index is 649. The summed E-state index contributed by atoms with van der Waals surface area (Å²) in [6.45, 7) is 0.415. The molecule has 0 aliphatic heterocycles. The second kappa shape index (κ2) is 6.80. The zero-order chi connectivity index (χ0) is 15.2. The minimum atomic E-state index is -0.485. The maximum atomic E-state index is 11.9. The number of hydrogen-bond acceptors (Lipinski definition) is 5. The molecule has 0 saturated heterocycles. The van der Waals surface area contributed by atoms with Crippen LogP contribution in [0.1, 0.15) is 22.6 Å². The van der Waals surface area contributed by atoms with E-state index in [2.05, 4.69) is 15.6 Å². The van der Waals surface area contributed by atoms with Gasteiger partial charge in [-0.25, -0.2) is 4.98 Å². The number of nitrogens with zero attached hydrogens (tertiary/aromatic N) is 1. The number of nitrogens with one attached hydrogen (secondary N) is 3. The van der Waals surface area contributed by atoms with Crippen molar-refractivity contribution in [3.05, 3.63) is 29.3 Å². The molecule has 7 nitrogen and oxygen atoms in total. The van der Waals surface area contributed by atoms with Gasteiger partial charge in [-0.3, -0.25) is 20.3 Å². The summed E-state index contributed by atoms with van der Waals surface area (Å²) in [6.07, 6.45) is 0.662. The first-order chi connectivity index (χ1) is 10.1. The van der Waals surface area contributed by atoms with Crippen molar-refractivity contribution < 1.29 is 9.59 Å². The van der Waals surface area contributed by atoms with Crippen LogP contribution in [0.3, 0.4) is 0 Å². The molecule has 5 N–H and O–H groups in total. The third kappa shape index (κ3) is 4.25. The van der Waals surface area contributed by atoms with Crippen molar-refractivity contribution >= 4 is 39.3 Å². The monoisotopic (exact) mass is 305 g/mol. The highest BCUT2D eigenvalue weighted by Gasteiger charge is 2.14. The highest BCUT2D eigenvalue weighted by molar-refractivity contribution is 7.20. The Morgan fingerprint density at radius 3 is 2.81 bits per heavy atom. The van der Waals surface area contributed by atoms with Gasteiger partial charge in [0, 0.05) is 13.0 Å². The predicted molar refractivity (Wildman–Crippen MR) is 81.2 cm³/mol. The Hall–Kier alpha value is -2.48. The lowest BCUT2D eigenvalue weighted by Gasteiger charge is -2.03. The molecule has 0 saturated carbocycles. The molecule has 2 amide bonds. The van der Waals surface area contributed by atoms with Gasteiger partial charge in [-0.1, -0.05) is 12.1 Å². The van der Waals surface area contributed by atoms with Gasteiger partial charge in [0.1, 0.15) is 0 Å². The fourth-order valence-corrected chi connectivity index (χ4v) is 2.54.